The Morgan fingerprint density at radius 2 is 0.505 bits per heavy atom. The minimum absolute atomic E-state index is 0.0480. The normalized spacial score (nSPS) is 11.8. The third kappa shape index (κ3) is 85.4. The molecule has 1 amide bonds. The van der Waals surface area contributed by atoms with Crippen LogP contribution in [0, 0.1) is 11.8 Å². The van der Waals surface area contributed by atoms with Gasteiger partial charge in [0.1, 0.15) is 11.5 Å². The number of unbranched alkanes of at least 4 members (excludes halogenated alkanes) is 1. The van der Waals surface area contributed by atoms with Gasteiger partial charge in [0, 0.05) is 31.8 Å². The van der Waals surface area contributed by atoms with Gasteiger partial charge in [0.05, 0.1) is 376 Å². The van der Waals surface area contributed by atoms with Crippen molar-refractivity contribution in [2.75, 3.05) is 370 Å². The number of aryl methyl sites for hydroxylation is 1. The number of carbonyl (C=O) groups excluding carboxylic acids is 2. The van der Waals surface area contributed by atoms with Crippen LogP contribution in [0.5, 0.6) is 0 Å². The Hall–Kier alpha value is -2.84. The first-order chi connectivity index (χ1) is 52.9. The number of nitrogens with one attached hydrogen (secondary N) is 1. The summed E-state index contributed by atoms with van der Waals surface area (Å²) in [5.74, 6) is 0.890. The number of rotatable bonds is 95. The predicted octanol–water partition coefficient (Wildman–Crippen LogP) is 3.19. The van der Waals surface area contributed by atoms with E-state index in [1.54, 1.807) is 0 Å². The number of ketones is 1. The number of hydrogen-bond acceptors (Lipinski definition) is 32. The lowest BCUT2D eigenvalue weighted by atomic mass is 10.1. The smallest absolute Gasteiger partial charge is 0.222 e. The lowest BCUT2D eigenvalue weighted by Crippen LogP contribution is -2.28. The molecule has 0 saturated carbocycles. The lowest BCUT2D eigenvalue weighted by Gasteiger charge is -2.09. The zero-order chi connectivity index (χ0) is 76.6. The van der Waals surface area contributed by atoms with Crippen LogP contribution in [0.3, 0.4) is 0 Å². The monoisotopic (exact) mass is 1550 g/mol. The first-order valence-electron chi connectivity index (χ1n) is 38.7. The molecule has 1 aromatic heterocycles. The van der Waals surface area contributed by atoms with Crippen LogP contribution in [0.1, 0.15) is 65.5 Å². The van der Waals surface area contributed by atoms with Crippen LogP contribution in [-0.4, -0.2) is 397 Å². The lowest BCUT2D eigenvalue weighted by molar-refractivity contribution is -0.123. The quantitative estimate of drug-likeness (QED) is 0.0915. The molecule has 1 aromatic rings. The maximum atomic E-state index is 12.0. The fraction of sp³-hybridized carbons (Fsp3) is 0.945. The Kier molecular flexibility index (Phi) is 84.7. The second-order valence-corrected chi connectivity index (χ2v) is 23.9. The molecule has 0 aromatic carbocycles. The van der Waals surface area contributed by atoms with Crippen LogP contribution in [-0.2, 0) is 155 Å². The number of hydrogen-bond donors (Lipinski definition) is 1. The minimum Gasteiger partial charge on any atom is -0.379 e. The summed E-state index contributed by atoms with van der Waals surface area (Å²) in [5, 5.41) is 11.1. The van der Waals surface area contributed by atoms with E-state index in [0.29, 0.717) is 383 Å². The molecule has 1 rings (SSSR count). The Morgan fingerprint density at radius 3 is 0.738 bits per heavy atom. The predicted molar refractivity (Wildman–Crippen MR) is 393 cm³/mol. The second-order valence-electron chi connectivity index (χ2n) is 23.9. The van der Waals surface area contributed by atoms with Crippen molar-refractivity contribution in [3.8, 4) is 0 Å². The van der Waals surface area contributed by atoms with Crippen molar-refractivity contribution >= 4 is 11.7 Å². The first kappa shape index (κ1) is 102. The molecule has 0 aliphatic heterocycles. The molecule has 634 valence electrons. The first-order valence-corrected chi connectivity index (χ1v) is 38.7. The van der Waals surface area contributed by atoms with E-state index in [1.165, 1.54) is 12.8 Å². The molecule has 34 nitrogen and oxygen atoms in total. The zero-order valence-corrected chi connectivity index (χ0v) is 65.9. The molecule has 0 aliphatic rings. The average molecular weight is 1560 g/mol. The van der Waals surface area contributed by atoms with Gasteiger partial charge in [0.15, 0.2) is 0 Å². The van der Waals surface area contributed by atoms with Crippen molar-refractivity contribution in [3.05, 3.63) is 11.9 Å². The highest BCUT2D eigenvalue weighted by atomic mass is 16.6. The summed E-state index contributed by atoms with van der Waals surface area (Å²) in [5.41, 5.74) is 0.819. The highest BCUT2D eigenvalue weighted by Crippen LogP contribution is 2.08. The molecule has 0 saturated heterocycles. The molecule has 107 heavy (non-hydrogen) atoms. The van der Waals surface area contributed by atoms with Crippen molar-refractivity contribution in [2.45, 2.75) is 73.0 Å². The topological polar surface area (TPSA) is 335 Å². The molecular formula is C73H142N4O30. The van der Waals surface area contributed by atoms with E-state index in [0.717, 1.165) is 24.6 Å². The molecule has 0 fully saturated rings. The third-order valence-electron chi connectivity index (χ3n) is 14.1. The summed E-state index contributed by atoms with van der Waals surface area (Å²) in [6, 6.07) is 0. The Balaban J connectivity index is 1.61. The van der Waals surface area contributed by atoms with Crippen LogP contribution in [0.15, 0.2) is 6.20 Å². The summed E-state index contributed by atoms with van der Waals surface area (Å²) in [7, 11) is 0. The van der Waals surface area contributed by atoms with E-state index >= 15 is 0 Å². The van der Waals surface area contributed by atoms with E-state index in [1.807, 2.05) is 24.7 Å². The van der Waals surface area contributed by atoms with Gasteiger partial charge < -0.3 is 138 Å². The molecule has 0 atom stereocenters. The molecule has 34 heteroatoms. The zero-order valence-electron chi connectivity index (χ0n) is 65.9. The fourth-order valence-electron chi connectivity index (χ4n) is 8.31. The number of Topliss-reactive ketones (excluding diaryl/α,β-unsaturated/α-hetero) is 1. The maximum absolute atomic E-state index is 12.0. The van der Waals surface area contributed by atoms with E-state index in [-0.39, 0.29) is 24.0 Å². The van der Waals surface area contributed by atoms with Gasteiger partial charge in [-0.05, 0) is 12.3 Å². The molecule has 0 bridgehead atoms. The minimum atomic E-state index is -0.0970. The molecule has 0 spiro atoms. The van der Waals surface area contributed by atoms with Crippen LogP contribution >= 0.6 is 0 Å². The number of ether oxygens (including phenoxy) is 28. The van der Waals surface area contributed by atoms with Gasteiger partial charge in [-0.15, -0.1) is 5.10 Å². The van der Waals surface area contributed by atoms with Gasteiger partial charge >= 0.3 is 0 Å². The number of nitrogens with zero attached hydrogens (tertiary/aromatic N) is 3. The van der Waals surface area contributed by atoms with Crippen molar-refractivity contribution < 1.29 is 142 Å². The van der Waals surface area contributed by atoms with Crippen LogP contribution in [0.2, 0.25) is 0 Å². The number of amides is 1. The summed E-state index contributed by atoms with van der Waals surface area (Å²) < 4.78 is 157. The van der Waals surface area contributed by atoms with Crippen molar-refractivity contribution in [3.63, 3.8) is 0 Å². The van der Waals surface area contributed by atoms with Crippen molar-refractivity contribution in [2.24, 2.45) is 11.8 Å². The fourth-order valence-corrected chi connectivity index (χ4v) is 8.31. The molecule has 1 heterocycles. The third-order valence-corrected chi connectivity index (χ3v) is 14.1. The van der Waals surface area contributed by atoms with Gasteiger partial charge in [-0.2, -0.15) is 0 Å². The summed E-state index contributed by atoms with van der Waals surface area (Å²) >= 11 is 0. The largest absolute Gasteiger partial charge is 0.379 e. The highest BCUT2D eigenvalue weighted by Gasteiger charge is 2.08. The number of carbonyl (C=O) groups is 2. The van der Waals surface area contributed by atoms with E-state index < -0.39 is 0 Å². The summed E-state index contributed by atoms with van der Waals surface area (Å²) in [6.07, 6.45) is 6.18. The van der Waals surface area contributed by atoms with Gasteiger partial charge in [0.25, 0.3) is 0 Å². The van der Waals surface area contributed by atoms with E-state index in [2.05, 4.69) is 29.5 Å². The van der Waals surface area contributed by atoms with Crippen LogP contribution in [0.25, 0.3) is 0 Å². The Morgan fingerprint density at radius 1 is 0.290 bits per heavy atom. The number of aromatic nitrogens is 3. The summed E-state index contributed by atoms with van der Waals surface area (Å²) in [6.45, 7) is 35.5. The Bertz CT molecular complexity index is 1900. The van der Waals surface area contributed by atoms with Crippen LogP contribution < -0.4 is 5.32 Å². The molecule has 0 unspecified atom stereocenters. The highest BCUT2D eigenvalue weighted by molar-refractivity contribution is 5.80. The van der Waals surface area contributed by atoms with E-state index in [9.17, 15) is 9.59 Å². The van der Waals surface area contributed by atoms with Gasteiger partial charge in [-0.25, -0.2) is 0 Å². The van der Waals surface area contributed by atoms with Crippen molar-refractivity contribution in [1.29, 1.82) is 0 Å². The molecule has 0 aliphatic carbocycles. The van der Waals surface area contributed by atoms with Crippen molar-refractivity contribution in [1.82, 2.24) is 20.3 Å². The standard InChI is InChI=1S/C73H142N4O30/c1-69(2)7-5-6-11-77-67-71(75-76-77)68-107-66-65-106-64-63-84-19-16-81-13-9-73(79)74-10-14-82-17-20-85-22-24-87-26-28-89-30-32-91-34-36-93-38-40-95-42-44-97-46-48-99-50-52-101-54-56-103-58-60-105-62-61-104-59-57-102-55-53-100-51-49-98-47-45-96-43-41-94-39-37-92-35-33-90-31-29-88-27-25-86-23-21-83-18-15-80-12-8-72(78)70(3)4/h67,69-70H,5-66,68H2,1-4H3,(H,74,79). The maximum Gasteiger partial charge on any atom is 0.222 e. The second kappa shape index (κ2) is 88.7. The molecule has 0 radical (unpaired) electrons. The van der Waals surface area contributed by atoms with Gasteiger partial charge in [0.2, 0.25) is 5.91 Å². The SMILES string of the molecule is CC(C)CCCCn1cc(COCCOCCOCCOCCC(=O)NCCOCCOCCOCCOCCOCCOCCOCCOCCOCCOCCOCCOCCOCCOCCOCCOCCOCCOCCOCCOCCOCCOCCOCCOCCC(=O)C(C)C)nn1. The average Bonchev–Trinajstić information content (AvgIpc) is 1.79. The van der Waals surface area contributed by atoms with E-state index in [4.69, 9.17) is 133 Å². The summed E-state index contributed by atoms with van der Waals surface area (Å²) in [4.78, 5) is 23.6. The molecule has 1 N–H and O–H groups in total. The van der Waals surface area contributed by atoms with Gasteiger partial charge in [-0.1, -0.05) is 45.7 Å². The Labute approximate surface area is 638 Å². The van der Waals surface area contributed by atoms with Gasteiger partial charge in [-0.3, -0.25) is 14.3 Å². The van der Waals surface area contributed by atoms with Crippen LogP contribution in [0.4, 0.5) is 0 Å². The molecular weight excluding hydrogens is 1410 g/mol.